The molecule has 0 aromatic carbocycles. The number of hydrogen-bond donors (Lipinski definition) is 1. The Morgan fingerprint density at radius 3 is 2.62 bits per heavy atom. The smallest absolute Gasteiger partial charge is 0.412 e. The second-order valence-electron chi connectivity index (χ2n) is 5.29. The molecular weight excluding hydrogens is 292 g/mol. The molecule has 7 heteroatoms. The van der Waals surface area contributed by atoms with Crippen LogP contribution in [-0.4, -0.2) is 26.9 Å². The SMILES string of the molecule is CC(C)(C)OC(=O)Nc1cnccc1-c1ccc(Cl)nn1. The number of nitrogens with zero attached hydrogens (tertiary/aromatic N) is 3. The number of pyridine rings is 1. The number of hydrogen-bond acceptors (Lipinski definition) is 5. The van der Waals surface area contributed by atoms with Crippen LogP contribution in [0.1, 0.15) is 20.8 Å². The number of halogens is 1. The van der Waals surface area contributed by atoms with Crippen molar-refractivity contribution in [3.05, 3.63) is 35.7 Å². The lowest BCUT2D eigenvalue weighted by atomic mass is 10.1. The molecule has 2 aromatic heterocycles. The van der Waals surface area contributed by atoms with Crippen LogP contribution in [-0.2, 0) is 4.74 Å². The molecule has 0 saturated carbocycles. The molecule has 21 heavy (non-hydrogen) atoms. The van der Waals surface area contributed by atoms with E-state index in [1.807, 2.05) is 0 Å². The van der Waals surface area contributed by atoms with E-state index in [-0.39, 0.29) is 0 Å². The van der Waals surface area contributed by atoms with E-state index < -0.39 is 11.7 Å². The van der Waals surface area contributed by atoms with Gasteiger partial charge in [0.2, 0.25) is 0 Å². The highest BCUT2D eigenvalue weighted by Gasteiger charge is 2.18. The van der Waals surface area contributed by atoms with E-state index in [4.69, 9.17) is 16.3 Å². The van der Waals surface area contributed by atoms with Gasteiger partial charge >= 0.3 is 6.09 Å². The van der Waals surface area contributed by atoms with E-state index in [0.29, 0.717) is 22.1 Å². The fourth-order valence-corrected chi connectivity index (χ4v) is 1.69. The molecule has 0 saturated heterocycles. The van der Waals surface area contributed by atoms with Gasteiger partial charge in [-0.2, -0.15) is 0 Å². The van der Waals surface area contributed by atoms with Crippen LogP contribution in [0.2, 0.25) is 5.15 Å². The van der Waals surface area contributed by atoms with Gasteiger partial charge in [-0.3, -0.25) is 10.3 Å². The fourth-order valence-electron chi connectivity index (χ4n) is 1.59. The first-order chi connectivity index (χ1) is 9.85. The van der Waals surface area contributed by atoms with E-state index >= 15 is 0 Å². The number of carbonyl (C=O) groups excluding carboxylic acids is 1. The normalized spacial score (nSPS) is 11.0. The number of aromatic nitrogens is 3. The van der Waals surface area contributed by atoms with Gasteiger partial charge in [0.15, 0.2) is 5.15 Å². The third-order valence-corrected chi connectivity index (χ3v) is 2.57. The Hall–Kier alpha value is -2.21. The molecule has 0 spiro atoms. The van der Waals surface area contributed by atoms with Gasteiger partial charge in [0.05, 0.1) is 17.6 Å². The highest BCUT2D eigenvalue weighted by atomic mass is 35.5. The Labute approximate surface area is 127 Å². The molecule has 2 rings (SSSR count). The largest absolute Gasteiger partial charge is 0.444 e. The minimum absolute atomic E-state index is 0.300. The summed E-state index contributed by atoms with van der Waals surface area (Å²) in [6.45, 7) is 5.38. The molecule has 110 valence electrons. The van der Waals surface area contributed by atoms with Gasteiger partial charge in [-0.15, -0.1) is 10.2 Å². The Kier molecular flexibility index (Phi) is 4.37. The zero-order valence-electron chi connectivity index (χ0n) is 11.9. The van der Waals surface area contributed by atoms with Gasteiger partial charge < -0.3 is 4.74 Å². The molecule has 0 bridgehead atoms. The summed E-state index contributed by atoms with van der Waals surface area (Å²) in [4.78, 5) is 15.8. The zero-order valence-corrected chi connectivity index (χ0v) is 12.7. The number of ether oxygens (including phenoxy) is 1. The maximum absolute atomic E-state index is 11.8. The average Bonchev–Trinajstić information content (AvgIpc) is 2.38. The third-order valence-electron chi connectivity index (χ3n) is 2.36. The van der Waals surface area contributed by atoms with Crippen LogP contribution in [0.4, 0.5) is 10.5 Å². The van der Waals surface area contributed by atoms with Crippen LogP contribution in [0.15, 0.2) is 30.6 Å². The topological polar surface area (TPSA) is 77.0 Å². The molecule has 0 aliphatic heterocycles. The van der Waals surface area contributed by atoms with Crippen LogP contribution < -0.4 is 5.32 Å². The van der Waals surface area contributed by atoms with Gasteiger partial charge in [0.25, 0.3) is 0 Å². The molecule has 0 aliphatic rings. The lowest BCUT2D eigenvalue weighted by Gasteiger charge is -2.20. The maximum Gasteiger partial charge on any atom is 0.412 e. The molecule has 1 N–H and O–H groups in total. The van der Waals surface area contributed by atoms with Gasteiger partial charge in [0.1, 0.15) is 5.60 Å². The summed E-state index contributed by atoms with van der Waals surface area (Å²) in [6.07, 6.45) is 2.57. The van der Waals surface area contributed by atoms with Crippen molar-refractivity contribution in [2.24, 2.45) is 0 Å². The van der Waals surface area contributed by atoms with E-state index in [9.17, 15) is 4.79 Å². The Bertz CT molecular complexity index is 638. The number of amides is 1. The van der Waals surface area contributed by atoms with Crippen molar-refractivity contribution in [1.29, 1.82) is 0 Å². The van der Waals surface area contributed by atoms with Crippen molar-refractivity contribution in [3.8, 4) is 11.3 Å². The second kappa shape index (κ2) is 6.05. The molecule has 0 radical (unpaired) electrons. The summed E-state index contributed by atoms with van der Waals surface area (Å²) in [7, 11) is 0. The zero-order chi connectivity index (χ0) is 15.5. The van der Waals surface area contributed by atoms with Gasteiger partial charge in [0, 0.05) is 11.8 Å². The predicted octanol–water partition coefficient (Wildman–Crippen LogP) is 3.54. The van der Waals surface area contributed by atoms with E-state index in [0.717, 1.165) is 0 Å². The highest BCUT2D eigenvalue weighted by molar-refractivity contribution is 6.29. The van der Waals surface area contributed by atoms with Gasteiger partial charge in [-0.1, -0.05) is 11.6 Å². The first-order valence-corrected chi connectivity index (χ1v) is 6.66. The van der Waals surface area contributed by atoms with E-state index in [1.165, 1.54) is 6.20 Å². The summed E-state index contributed by atoms with van der Waals surface area (Å²) in [6, 6.07) is 5.07. The summed E-state index contributed by atoms with van der Waals surface area (Å²) in [5.74, 6) is 0. The van der Waals surface area contributed by atoms with Crippen LogP contribution in [0, 0.1) is 0 Å². The van der Waals surface area contributed by atoms with Crippen LogP contribution >= 0.6 is 11.6 Å². The summed E-state index contributed by atoms with van der Waals surface area (Å²) in [5.41, 5.74) is 1.17. The molecule has 0 atom stereocenters. The number of carbonyl (C=O) groups is 1. The summed E-state index contributed by atoms with van der Waals surface area (Å²) < 4.78 is 5.22. The second-order valence-corrected chi connectivity index (χ2v) is 5.68. The number of nitrogens with one attached hydrogen (secondary N) is 1. The van der Waals surface area contributed by atoms with Crippen molar-refractivity contribution >= 4 is 23.4 Å². The summed E-state index contributed by atoms with van der Waals surface area (Å²) >= 11 is 5.72. The van der Waals surface area contributed by atoms with Crippen LogP contribution in [0.5, 0.6) is 0 Å². The van der Waals surface area contributed by atoms with Crippen molar-refractivity contribution < 1.29 is 9.53 Å². The molecule has 1 amide bonds. The average molecular weight is 307 g/mol. The number of rotatable bonds is 2. The minimum atomic E-state index is -0.577. The predicted molar refractivity (Wildman–Crippen MR) is 80.1 cm³/mol. The molecule has 0 fully saturated rings. The summed E-state index contributed by atoms with van der Waals surface area (Å²) in [5, 5.41) is 10.7. The molecule has 2 aromatic rings. The lowest BCUT2D eigenvalue weighted by molar-refractivity contribution is 0.0636. The molecule has 0 unspecified atom stereocenters. The molecule has 6 nitrogen and oxygen atoms in total. The highest BCUT2D eigenvalue weighted by Crippen LogP contribution is 2.25. The standard InChI is InChI=1S/C14H15ClN4O2/c1-14(2,3)21-13(20)17-11-8-16-7-6-9(11)10-4-5-12(15)19-18-10/h4-8H,1-3H3,(H,17,20). The quantitative estimate of drug-likeness (QED) is 0.918. The Morgan fingerprint density at radius 2 is 2.00 bits per heavy atom. The monoisotopic (exact) mass is 306 g/mol. The van der Waals surface area contributed by atoms with Crippen molar-refractivity contribution in [2.75, 3.05) is 5.32 Å². The third kappa shape index (κ3) is 4.39. The van der Waals surface area contributed by atoms with Crippen molar-refractivity contribution in [2.45, 2.75) is 26.4 Å². The van der Waals surface area contributed by atoms with E-state index in [1.54, 1.807) is 45.2 Å². The van der Waals surface area contributed by atoms with Crippen LogP contribution in [0.25, 0.3) is 11.3 Å². The molecular formula is C14H15ClN4O2. The number of anilines is 1. The van der Waals surface area contributed by atoms with Gasteiger partial charge in [-0.05, 0) is 39.0 Å². The van der Waals surface area contributed by atoms with E-state index in [2.05, 4.69) is 20.5 Å². The fraction of sp³-hybridized carbons (Fsp3) is 0.286. The molecule has 0 aliphatic carbocycles. The molecule has 2 heterocycles. The minimum Gasteiger partial charge on any atom is -0.444 e. The van der Waals surface area contributed by atoms with Crippen molar-refractivity contribution in [1.82, 2.24) is 15.2 Å². The maximum atomic E-state index is 11.8. The first-order valence-electron chi connectivity index (χ1n) is 6.29. The van der Waals surface area contributed by atoms with Crippen LogP contribution in [0.3, 0.4) is 0 Å². The first kappa shape index (κ1) is 15.2. The lowest BCUT2D eigenvalue weighted by Crippen LogP contribution is -2.27. The Balaban J connectivity index is 2.25. The van der Waals surface area contributed by atoms with Crippen molar-refractivity contribution in [3.63, 3.8) is 0 Å². The Morgan fingerprint density at radius 1 is 1.24 bits per heavy atom. The van der Waals surface area contributed by atoms with Gasteiger partial charge in [-0.25, -0.2) is 4.79 Å².